The van der Waals surface area contributed by atoms with Gasteiger partial charge >= 0.3 is 0 Å². The normalized spacial score (nSPS) is 10.4. The molecule has 74 valence electrons. The van der Waals surface area contributed by atoms with Gasteiger partial charge < -0.3 is 5.73 Å². The second kappa shape index (κ2) is 4.72. The second-order valence-corrected chi connectivity index (χ2v) is 3.52. The van der Waals surface area contributed by atoms with E-state index in [2.05, 4.69) is 48.7 Å². The molecule has 4 heteroatoms. The maximum absolute atomic E-state index is 5.22. The van der Waals surface area contributed by atoms with Crippen molar-refractivity contribution >= 4 is 23.5 Å². The number of nitrogens with one attached hydrogen (secondary N) is 1. The molecule has 0 spiro atoms. The van der Waals surface area contributed by atoms with Crippen molar-refractivity contribution < 1.29 is 0 Å². The number of hydrazone groups is 1. The van der Waals surface area contributed by atoms with Crippen LogP contribution in [-0.2, 0) is 0 Å². The summed E-state index contributed by atoms with van der Waals surface area (Å²) in [7, 11) is 0. The van der Waals surface area contributed by atoms with E-state index in [1.54, 1.807) is 6.21 Å². The Kier molecular flexibility index (Phi) is 3.59. The molecule has 0 saturated carbocycles. The van der Waals surface area contributed by atoms with Crippen LogP contribution >= 0.6 is 12.2 Å². The Bertz CT molecular complexity index is 372. The summed E-state index contributed by atoms with van der Waals surface area (Å²) in [5.41, 5.74) is 11.3. The van der Waals surface area contributed by atoms with E-state index in [9.17, 15) is 0 Å². The van der Waals surface area contributed by atoms with Crippen molar-refractivity contribution in [3.63, 3.8) is 0 Å². The highest BCUT2D eigenvalue weighted by molar-refractivity contribution is 7.80. The number of nitrogens with zero attached hydrogens (tertiary/aromatic N) is 1. The van der Waals surface area contributed by atoms with Gasteiger partial charge in [0.15, 0.2) is 5.11 Å². The number of benzene rings is 1. The number of hydrogen-bond donors (Lipinski definition) is 2. The first kappa shape index (κ1) is 10.7. The van der Waals surface area contributed by atoms with Gasteiger partial charge in [-0.2, -0.15) is 5.10 Å². The van der Waals surface area contributed by atoms with Crippen LogP contribution in [0.4, 0.5) is 0 Å². The third-order valence-electron chi connectivity index (χ3n) is 1.92. The van der Waals surface area contributed by atoms with E-state index in [-0.39, 0.29) is 5.11 Å². The molecular formula is C10H13N3S. The highest BCUT2D eigenvalue weighted by Gasteiger charge is 1.92. The SMILES string of the molecule is Cc1ccc(/C=N\NC(N)=S)cc1C. The molecule has 0 radical (unpaired) electrons. The molecule has 14 heavy (non-hydrogen) atoms. The van der Waals surface area contributed by atoms with Gasteiger partial charge in [0.1, 0.15) is 0 Å². The zero-order valence-corrected chi connectivity index (χ0v) is 9.06. The van der Waals surface area contributed by atoms with E-state index >= 15 is 0 Å². The molecule has 0 bridgehead atoms. The van der Waals surface area contributed by atoms with Crippen molar-refractivity contribution in [2.75, 3.05) is 0 Å². The predicted molar refractivity (Wildman–Crippen MR) is 63.4 cm³/mol. The lowest BCUT2D eigenvalue weighted by molar-refractivity contribution is 1.04. The van der Waals surface area contributed by atoms with E-state index in [0.717, 1.165) is 5.56 Å². The largest absolute Gasteiger partial charge is 0.375 e. The number of hydrogen-bond acceptors (Lipinski definition) is 2. The molecule has 0 aliphatic rings. The molecule has 3 N–H and O–H groups in total. The molecule has 0 amide bonds. The molecule has 0 unspecified atom stereocenters. The maximum Gasteiger partial charge on any atom is 0.184 e. The first-order valence-corrected chi connectivity index (χ1v) is 4.66. The summed E-state index contributed by atoms with van der Waals surface area (Å²) in [4.78, 5) is 0. The summed E-state index contributed by atoms with van der Waals surface area (Å²) >= 11 is 4.61. The molecule has 0 saturated heterocycles. The van der Waals surface area contributed by atoms with Crippen LogP contribution in [-0.4, -0.2) is 11.3 Å². The van der Waals surface area contributed by atoms with Gasteiger partial charge in [0, 0.05) is 0 Å². The quantitative estimate of drug-likeness (QED) is 0.438. The molecule has 0 atom stereocenters. The summed E-state index contributed by atoms with van der Waals surface area (Å²) in [5.74, 6) is 0. The van der Waals surface area contributed by atoms with Crippen LogP contribution in [0.15, 0.2) is 23.3 Å². The molecule has 1 aromatic carbocycles. The van der Waals surface area contributed by atoms with Crippen molar-refractivity contribution in [2.24, 2.45) is 10.8 Å². The molecule has 1 rings (SSSR count). The van der Waals surface area contributed by atoms with E-state index < -0.39 is 0 Å². The van der Waals surface area contributed by atoms with E-state index in [1.807, 2.05) is 6.07 Å². The third-order valence-corrected chi connectivity index (χ3v) is 2.01. The molecule has 0 aliphatic heterocycles. The number of thiocarbonyl (C=S) groups is 1. The Labute approximate surface area is 89.0 Å². The van der Waals surface area contributed by atoms with E-state index in [0.29, 0.717) is 0 Å². The van der Waals surface area contributed by atoms with Crippen molar-refractivity contribution in [1.29, 1.82) is 0 Å². The van der Waals surface area contributed by atoms with Crippen LogP contribution in [0.1, 0.15) is 16.7 Å². The lowest BCUT2D eigenvalue weighted by Gasteiger charge is -2.00. The lowest BCUT2D eigenvalue weighted by atomic mass is 10.1. The van der Waals surface area contributed by atoms with Gasteiger partial charge in [-0.15, -0.1) is 0 Å². The Morgan fingerprint density at radius 1 is 1.43 bits per heavy atom. The molecule has 1 aromatic rings. The Morgan fingerprint density at radius 2 is 2.14 bits per heavy atom. The fraction of sp³-hybridized carbons (Fsp3) is 0.200. The van der Waals surface area contributed by atoms with Gasteiger partial charge in [0.25, 0.3) is 0 Å². The van der Waals surface area contributed by atoms with Crippen LogP contribution in [0, 0.1) is 13.8 Å². The highest BCUT2D eigenvalue weighted by atomic mass is 32.1. The summed E-state index contributed by atoms with van der Waals surface area (Å²) in [6.07, 6.45) is 1.69. The van der Waals surface area contributed by atoms with Gasteiger partial charge in [-0.05, 0) is 42.8 Å². The highest BCUT2D eigenvalue weighted by Crippen LogP contribution is 2.07. The van der Waals surface area contributed by atoms with Gasteiger partial charge in [-0.1, -0.05) is 18.2 Å². The number of aryl methyl sites for hydroxylation is 2. The van der Waals surface area contributed by atoms with Crippen LogP contribution in [0.25, 0.3) is 0 Å². The van der Waals surface area contributed by atoms with E-state index in [1.165, 1.54) is 11.1 Å². The minimum absolute atomic E-state index is 0.171. The van der Waals surface area contributed by atoms with Crippen molar-refractivity contribution in [2.45, 2.75) is 13.8 Å². The predicted octanol–water partition coefficient (Wildman–Crippen LogP) is 1.47. The fourth-order valence-corrected chi connectivity index (χ4v) is 1.07. The average molecular weight is 207 g/mol. The monoisotopic (exact) mass is 207 g/mol. The summed E-state index contributed by atoms with van der Waals surface area (Å²) < 4.78 is 0. The van der Waals surface area contributed by atoms with Crippen molar-refractivity contribution in [3.05, 3.63) is 34.9 Å². The van der Waals surface area contributed by atoms with Crippen LogP contribution in [0.3, 0.4) is 0 Å². The van der Waals surface area contributed by atoms with Gasteiger partial charge in [0.2, 0.25) is 0 Å². The van der Waals surface area contributed by atoms with Gasteiger partial charge in [0.05, 0.1) is 6.21 Å². The van der Waals surface area contributed by atoms with Crippen LogP contribution in [0.2, 0.25) is 0 Å². The zero-order chi connectivity index (χ0) is 10.6. The molecule has 3 nitrogen and oxygen atoms in total. The molecule has 0 fully saturated rings. The van der Waals surface area contributed by atoms with Crippen molar-refractivity contribution in [1.82, 2.24) is 5.43 Å². The van der Waals surface area contributed by atoms with Gasteiger partial charge in [-0.3, -0.25) is 5.43 Å². The van der Waals surface area contributed by atoms with Crippen molar-refractivity contribution in [3.8, 4) is 0 Å². The first-order chi connectivity index (χ1) is 6.59. The minimum Gasteiger partial charge on any atom is -0.375 e. The molecule has 0 heterocycles. The number of rotatable bonds is 2. The molecule has 0 aromatic heterocycles. The molecular weight excluding hydrogens is 194 g/mol. The summed E-state index contributed by atoms with van der Waals surface area (Å²) in [6.45, 7) is 4.14. The second-order valence-electron chi connectivity index (χ2n) is 3.08. The Balaban J connectivity index is 2.73. The lowest BCUT2D eigenvalue weighted by Crippen LogP contribution is -2.23. The Morgan fingerprint density at radius 3 is 2.71 bits per heavy atom. The summed E-state index contributed by atoms with van der Waals surface area (Å²) in [6, 6.07) is 6.10. The third kappa shape index (κ3) is 3.14. The maximum atomic E-state index is 5.22. The topological polar surface area (TPSA) is 50.4 Å². The summed E-state index contributed by atoms with van der Waals surface area (Å²) in [5, 5.41) is 4.04. The minimum atomic E-state index is 0.171. The zero-order valence-electron chi connectivity index (χ0n) is 8.24. The van der Waals surface area contributed by atoms with Crippen LogP contribution < -0.4 is 11.2 Å². The molecule has 0 aliphatic carbocycles. The number of nitrogens with two attached hydrogens (primary N) is 1. The smallest absolute Gasteiger partial charge is 0.184 e. The average Bonchev–Trinajstić information content (AvgIpc) is 2.10. The van der Waals surface area contributed by atoms with E-state index in [4.69, 9.17) is 5.73 Å². The van der Waals surface area contributed by atoms with Crippen LogP contribution in [0.5, 0.6) is 0 Å². The standard InChI is InChI=1S/C10H13N3S/c1-7-3-4-9(5-8(7)2)6-12-13-10(11)14/h3-6H,1-2H3,(H3,11,13,14)/b12-6-. The van der Waals surface area contributed by atoms with Gasteiger partial charge in [-0.25, -0.2) is 0 Å². The first-order valence-electron chi connectivity index (χ1n) is 4.25. The fourth-order valence-electron chi connectivity index (χ4n) is 1.02. The Hall–Kier alpha value is -1.42.